The molecule has 0 atom stereocenters. The minimum absolute atomic E-state index is 0.0455. The second-order valence-electron chi connectivity index (χ2n) is 3.08. The molecule has 15 heavy (non-hydrogen) atoms. The van der Waals surface area contributed by atoms with Gasteiger partial charge in [-0.1, -0.05) is 17.2 Å². The largest absolute Gasteiger partial charge is 0.412 e. The first kappa shape index (κ1) is 10.1. The van der Waals surface area contributed by atoms with E-state index in [0.29, 0.717) is 12.3 Å². The molecule has 78 valence electrons. The maximum atomic E-state index is 12.6. The summed E-state index contributed by atoms with van der Waals surface area (Å²) in [5.41, 5.74) is 1.02. The molecule has 0 spiro atoms. The van der Waals surface area contributed by atoms with Crippen molar-refractivity contribution < 1.29 is 8.81 Å². The number of hydrogen-bond donors (Lipinski definition) is 0. The van der Waals surface area contributed by atoms with Gasteiger partial charge in [0.1, 0.15) is 5.82 Å². The molecule has 0 saturated carbocycles. The van der Waals surface area contributed by atoms with Crippen LogP contribution in [-0.2, 0) is 12.8 Å². The third-order valence-electron chi connectivity index (χ3n) is 1.98. The SMILES string of the molecule is Fc1ccc(CCc2nnc(Cl)o2)cc1. The molecule has 2 rings (SSSR count). The Morgan fingerprint density at radius 3 is 2.47 bits per heavy atom. The van der Waals surface area contributed by atoms with Gasteiger partial charge in [-0.2, -0.15) is 0 Å². The molecule has 0 saturated heterocycles. The van der Waals surface area contributed by atoms with Crippen molar-refractivity contribution in [2.24, 2.45) is 0 Å². The summed E-state index contributed by atoms with van der Waals surface area (Å²) in [6.07, 6.45) is 1.32. The van der Waals surface area contributed by atoms with E-state index < -0.39 is 0 Å². The third-order valence-corrected chi connectivity index (χ3v) is 2.14. The topological polar surface area (TPSA) is 38.9 Å². The molecule has 0 N–H and O–H groups in total. The molecule has 0 unspecified atom stereocenters. The van der Waals surface area contributed by atoms with Crippen LogP contribution in [0.2, 0.25) is 5.35 Å². The summed E-state index contributed by atoms with van der Waals surface area (Å²) in [5.74, 6) is 0.254. The van der Waals surface area contributed by atoms with Gasteiger partial charge >= 0.3 is 5.35 Å². The van der Waals surface area contributed by atoms with Crippen LogP contribution in [0.5, 0.6) is 0 Å². The predicted molar refractivity (Wildman–Crippen MR) is 53.1 cm³/mol. The lowest BCUT2D eigenvalue weighted by molar-refractivity contribution is 0.494. The highest BCUT2D eigenvalue weighted by Crippen LogP contribution is 2.10. The molecule has 1 aromatic carbocycles. The van der Waals surface area contributed by atoms with Gasteiger partial charge in [0, 0.05) is 6.42 Å². The Hall–Kier alpha value is -1.42. The Labute approximate surface area is 90.9 Å². The number of aryl methyl sites for hydroxylation is 2. The van der Waals surface area contributed by atoms with Crippen molar-refractivity contribution in [2.45, 2.75) is 12.8 Å². The van der Waals surface area contributed by atoms with Crippen molar-refractivity contribution in [2.75, 3.05) is 0 Å². The quantitative estimate of drug-likeness (QED) is 0.808. The Kier molecular flexibility index (Phi) is 2.97. The fraction of sp³-hybridized carbons (Fsp3) is 0.200. The molecule has 0 radical (unpaired) electrons. The van der Waals surface area contributed by atoms with Crippen LogP contribution in [0.1, 0.15) is 11.5 Å². The van der Waals surface area contributed by atoms with Gasteiger partial charge in [-0.25, -0.2) is 4.39 Å². The van der Waals surface area contributed by atoms with Gasteiger partial charge < -0.3 is 4.42 Å². The van der Waals surface area contributed by atoms with E-state index in [0.717, 1.165) is 12.0 Å². The fourth-order valence-corrected chi connectivity index (χ4v) is 1.36. The number of rotatable bonds is 3. The molecular weight excluding hydrogens is 219 g/mol. The zero-order valence-corrected chi connectivity index (χ0v) is 8.54. The molecule has 1 heterocycles. The van der Waals surface area contributed by atoms with Crippen LogP contribution in [0.15, 0.2) is 28.7 Å². The van der Waals surface area contributed by atoms with Crippen LogP contribution in [0, 0.1) is 5.82 Å². The first-order chi connectivity index (χ1) is 7.24. The highest BCUT2D eigenvalue weighted by molar-refractivity contribution is 6.27. The van der Waals surface area contributed by atoms with Gasteiger partial charge in [0.25, 0.3) is 0 Å². The van der Waals surface area contributed by atoms with E-state index in [2.05, 4.69) is 10.2 Å². The van der Waals surface area contributed by atoms with E-state index in [4.69, 9.17) is 16.0 Å². The van der Waals surface area contributed by atoms with E-state index >= 15 is 0 Å². The van der Waals surface area contributed by atoms with Gasteiger partial charge in [0.2, 0.25) is 5.89 Å². The minimum atomic E-state index is -0.236. The zero-order valence-electron chi connectivity index (χ0n) is 7.78. The number of aromatic nitrogens is 2. The molecule has 1 aromatic heterocycles. The number of halogens is 2. The lowest BCUT2D eigenvalue weighted by Gasteiger charge is -1.97. The fourth-order valence-electron chi connectivity index (χ4n) is 1.24. The Morgan fingerprint density at radius 2 is 1.87 bits per heavy atom. The van der Waals surface area contributed by atoms with Crippen molar-refractivity contribution in [3.8, 4) is 0 Å². The Balaban J connectivity index is 1.96. The number of nitrogens with zero attached hydrogens (tertiary/aromatic N) is 2. The van der Waals surface area contributed by atoms with Crippen LogP contribution in [-0.4, -0.2) is 10.2 Å². The van der Waals surface area contributed by atoms with Crippen LogP contribution in [0.25, 0.3) is 0 Å². The Bertz CT molecular complexity index is 441. The molecule has 0 aliphatic heterocycles. The van der Waals surface area contributed by atoms with Crippen molar-refractivity contribution >= 4 is 11.6 Å². The van der Waals surface area contributed by atoms with E-state index in [1.807, 2.05) is 0 Å². The van der Waals surface area contributed by atoms with Gasteiger partial charge in [0.05, 0.1) is 0 Å². The number of hydrogen-bond acceptors (Lipinski definition) is 3. The summed E-state index contributed by atoms with van der Waals surface area (Å²) in [7, 11) is 0. The van der Waals surface area contributed by atoms with Gasteiger partial charge in [0.15, 0.2) is 0 Å². The van der Waals surface area contributed by atoms with Crippen molar-refractivity contribution in [1.82, 2.24) is 10.2 Å². The molecular formula is C10H8ClFN2O. The zero-order chi connectivity index (χ0) is 10.7. The molecule has 0 amide bonds. The summed E-state index contributed by atoms with van der Waals surface area (Å²) >= 11 is 5.47. The van der Waals surface area contributed by atoms with Crippen molar-refractivity contribution in [1.29, 1.82) is 0 Å². The minimum Gasteiger partial charge on any atom is -0.412 e. The highest BCUT2D eigenvalue weighted by Gasteiger charge is 2.03. The first-order valence-corrected chi connectivity index (χ1v) is 4.84. The average Bonchev–Trinajstić information content (AvgIpc) is 2.64. The third kappa shape index (κ3) is 2.76. The second-order valence-corrected chi connectivity index (χ2v) is 3.40. The van der Waals surface area contributed by atoms with Crippen LogP contribution in [0.3, 0.4) is 0 Å². The van der Waals surface area contributed by atoms with Crippen LogP contribution < -0.4 is 0 Å². The Morgan fingerprint density at radius 1 is 1.13 bits per heavy atom. The molecule has 0 bridgehead atoms. The summed E-state index contributed by atoms with van der Waals surface area (Å²) in [6, 6.07) is 6.31. The molecule has 3 nitrogen and oxygen atoms in total. The van der Waals surface area contributed by atoms with Crippen LogP contribution in [0.4, 0.5) is 4.39 Å². The normalized spacial score (nSPS) is 10.5. The van der Waals surface area contributed by atoms with E-state index in [9.17, 15) is 4.39 Å². The van der Waals surface area contributed by atoms with Crippen LogP contribution >= 0.6 is 11.6 Å². The van der Waals surface area contributed by atoms with E-state index in [-0.39, 0.29) is 11.2 Å². The molecule has 5 heteroatoms. The van der Waals surface area contributed by atoms with Crippen molar-refractivity contribution in [3.05, 3.63) is 46.9 Å². The monoisotopic (exact) mass is 226 g/mol. The van der Waals surface area contributed by atoms with Gasteiger partial charge in [-0.3, -0.25) is 0 Å². The number of benzene rings is 1. The maximum absolute atomic E-state index is 12.6. The summed E-state index contributed by atoms with van der Waals surface area (Å²) in [5, 5.41) is 7.30. The molecule has 0 aliphatic rings. The standard InChI is InChI=1S/C10H8ClFN2O/c11-10-14-13-9(15-10)6-3-7-1-4-8(12)5-2-7/h1-2,4-5H,3,6H2. The summed E-state index contributed by atoms with van der Waals surface area (Å²) in [4.78, 5) is 0. The van der Waals surface area contributed by atoms with Gasteiger partial charge in [-0.15, -0.1) is 5.10 Å². The maximum Gasteiger partial charge on any atom is 0.312 e. The van der Waals surface area contributed by atoms with Crippen molar-refractivity contribution in [3.63, 3.8) is 0 Å². The molecule has 0 fully saturated rings. The molecule has 2 aromatic rings. The van der Waals surface area contributed by atoms with Gasteiger partial charge in [-0.05, 0) is 35.7 Å². The lowest BCUT2D eigenvalue weighted by atomic mass is 10.1. The van der Waals surface area contributed by atoms with E-state index in [1.165, 1.54) is 12.1 Å². The molecule has 0 aliphatic carbocycles. The summed E-state index contributed by atoms with van der Waals surface area (Å²) < 4.78 is 17.6. The predicted octanol–water partition coefficient (Wildman–Crippen LogP) is 2.65. The first-order valence-electron chi connectivity index (χ1n) is 4.46. The highest BCUT2D eigenvalue weighted by atomic mass is 35.5. The summed E-state index contributed by atoms with van der Waals surface area (Å²) in [6.45, 7) is 0. The van der Waals surface area contributed by atoms with E-state index in [1.54, 1.807) is 12.1 Å². The average molecular weight is 227 g/mol. The lowest BCUT2D eigenvalue weighted by Crippen LogP contribution is -1.91. The second kappa shape index (κ2) is 4.40. The smallest absolute Gasteiger partial charge is 0.312 e.